The zero-order valence-corrected chi connectivity index (χ0v) is 15.0. The van der Waals surface area contributed by atoms with Gasteiger partial charge >= 0.3 is 0 Å². The molecule has 3 rings (SSSR count). The van der Waals surface area contributed by atoms with E-state index in [9.17, 15) is 4.79 Å². The van der Waals surface area contributed by atoms with E-state index in [1.54, 1.807) is 6.26 Å². The third-order valence-electron chi connectivity index (χ3n) is 4.06. The van der Waals surface area contributed by atoms with Crippen LogP contribution in [-0.2, 0) is 11.2 Å². The van der Waals surface area contributed by atoms with Gasteiger partial charge in [0, 0.05) is 17.0 Å². The summed E-state index contributed by atoms with van der Waals surface area (Å²) < 4.78 is 11.0. The Morgan fingerprint density at radius 3 is 2.68 bits per heavy atom. The van der Waals surface area contributed by atoms with Crippen molar-refractivity contribution in [2.75, 3.05) is 13.2 Å². The number of ether oxygens (including phenoxy) is 1. The maximum Gasteiger partial charge on any atom is 0.257 e. The molecule has 0 saturated heterocycles. The van der Waals surface area contributed by atoms with Crippen LogP contribution in [0, 0.1) is 13.8 Å². The number of carbonyl (C=O) groups is 1. The van der Waals surface area contributed by atoms with Gasteiger partial charge < -0.3 is 14.5 Å². The van der Waals surface area contributed by atoms with E-state index in [1.807, 2.05) is 50.2 Å². The van der Waals surface area contributed by atoms with Crippen LogP contribution in [0.1, 0.15) is 16.7 Å². The number of fused-ring (bicyclic) bond motifs is 1. The Bertz CT molecular complexity index is 878. The van der Waals surface area contributed by atoms with E-state index in [4.69, 9.17) is 20.8 Å². The number of furan rings is 1. The topological polar surface area (TPSA) is 51.5 Å². The zero-order valence-electron chi connectivity index (χ0n) is 14.3. The Morgan fingerprint density at radius 2 is 1.92 bits per heavy atom. The van der Waals surface area contributed by atoms with Crippen molar-refractivity contribution in [3.63, 3.8) is 0 Å². The first-order chi connectivity index (χ1) is 12.0. The molecule has 0 aliphatic rings. The monoisotopic (exact) mass is 357 g/mol. The van der Waals surface area contributed by atoms with E-state index >= 15 is 0 Å². The molecule has 3 aromatic rings. The van der Waals surface area contributed by atoms with E-state index in [1.165, 1.54) is 0 Å². The van der Waals surface area contributed by atoms with E-state index in [-0.39, 0.29) is 12.5 Å². The number of carbonyl (C=O) groups excluding carboxylic acids is 1. The molecule has 0 unspecified atom stereocenters. The molecule has 0 fully saturated rings. The fourth-order valence-electron chi connectivity index (χ4n) is 2.75. The van der Waals surface area contributed by atoms with Crippen LogP contribution in [0.25, 0.3) is 11.0 Å². The molecule has 0 saturated carbocycles. The lowest BCUT2D eigenvalue weighted by molar-refractivity contribution is -0.123. The van der Waals surface area contributed by atoms with Gasteiger partial charge in [0.25, 0.3) is 5.91 Å². The van der Waals surface area contributed by atoms with Crippen molar-refractivity contribution in [1.82, 2.24) is 5.32 Å². The van der Waals surface area contributed by atoms with Gasteiger partial charge in [-0.15, -0.1) is 0 Å². The maximum absolute atomic E-state index is 12.0. The maximum atomic E-state index is 12.0. The Balaban J connectivity index is 1.48. The zero-order chi connectivity index (χ0) is 17.8. The van der Waals surface area contributed by atoms with Crippen molar-refractivity contribution >= 4 is 28.5 Å². The summed E-state index contributed by atoms with van der Waals surface area (Å²) in [5.74, 6) is 0.494. The number of halogens is 1. The summed E-state index contributed by atoms with van der Waals surface area (Å²) in [6, 6.07) is 11.5. The van der Waals surface area contributed by atoms with Crippen LogP contribution in [0.2, 0.25) is 5.02 Å². The molecule has 0 aliphatic carbocycles. The molecule has 130 valence electrons. The molecule has 1 aromatic heterocycles. The van der Waals surface area contributed by atoms with Crippen molar-refractivity contribution in [3.8, 4) is 5.75 Å². The van der Waals surface area contributed by atoms with Gasteiger partial charge in [-0.25, -0.2) is 0 Å². The molecule has 0 bridgehead atoms. The van der Waals surface area contributed by atoms with E-state index in [2.05, 4.69) is 5.32 Å². The summed E-state index contributed by atoms with van der Waals surface area (Å²) in [5.41, 5.74) is 3.81. The molecule has 2 aromatic carbocycles. The molecule has 5 heteroatoms. The lowest BCUT2D eigenvalue weighted by Crippen LogP contribution is -2.30. The van der Waals surface area contributed by atoms with Gasteiger partial charge in [-0.3, -0.25) is 4.79 Å². The second-order valence-electron chi connectivity index (χ2n) is 6.02. The Kier molecular flexibility index (Phi) is 5.29. The first-order valence-corrected chi connectivity index (χ1v) is 8.54. The SMILES string of the molecule is Cc1cc(OCC(=O)NCCc2coc3ccccc23)cc(C)c1Cl. The van der Waals surface area contributed by atoms with Crippen molar-refractivity contribution in [3.05, 3.63) is 64.4 Å². The minimum Gasteiger partial charge on any atom is -0.484 e. The summed E-state index contributed by atoms with van der Waals surface area (Å²) in [7, 11) is 0. The number of benzene rings is 2. The van der Waals surface area contributed by atoms with Gasteiger partial charge in [0.1, 0.15) is 11.3 Å². The molecule has 1 N–H and O–H groups in total. The lowest BCUT2D eigenvalue weighted by atomic mass is 10.1. The number of aryl methyl sites for hydroxylation is 2. The highest BCUT2D eigenvalue weighted by Crippen LogP contribution is 2.25. The van der Waals surface area contributed by atoms with Crippen LogP contribution in [0.3, 0.4) is 0 Å². The van der Waals surface area contributed by atoms with E-state index in [0.29, 0.717) is 18.7 Å². The first kappa shape index (κ1) is 17.4. The molecule has 25 heavy (non-hydrogen) atoms. The second kappa shape index (κ2) is 7.62. The number of rotatable bonds is 6. The van der Waals surface area contributed by atoms with E-state index in [0.717, 1.165) is 32.7 Å². The highest BCUT2D eigenvalue weighted by Gasteiger charge is 2.08. The van der Waals surface area contributed by atoms with Crippen LogP contribution in [0.5, 0.6) is 5.75 Å². The van der Waals surface area contributed by atoms with Crippen LogP contribution in [0.4, 0.5) is 0 Å². The van der Waals surface area contributed by atoms with Gasteiger partial charge in [-0.1, -0.05) is 29.8 Å². The minimum atomic E-state index is -0.155. The molecule has 0 radical (unpaired) electrons. The normalized spacial score (nSPS) is 10.8. The number of nitrogens with one attached hydrogen (secondary N) is 1. The fourth-order valence-corrected chi connectivity index (χ4v) is 2.86. The molecular weight excluding hydrogens is 338 g/mol. The molecule has 1 heterocycles. The van der Waals surface area contributed by atoms with Gasteiger partial charge in [0.2, 0.25) is 0 Å². The number of hydrogen-bond donors (Lipinski definition) is 1. The van der Waals surface area contributed by atoms with Gasteiger partial charge in [0.05, 0.1) is 6.26 Å². The van der Waals surface area contributed by atoms with Crippen LogP contribution in [0.15, 0.2) is 47.1 Å². The highest BCUT2D eigenvalue weighted by molar-refractivity contribution is 6.32. The third-order valence-corrected chi connectivity index (χ3v) is 4.65. The lowest BCUT2D eigenvalue weighted by Gasteiger charge is -2.10. The van der Waals surface area contributed by atoms with Crippen molar-refractivity contribution in [1.29, 1.82) is 0 Å². The minimum absolute atomic E-state index is 0.0212. The summed E-state index contributed by atoms with van der Waals surface area (Å²) in [6.45, 7) is 4.34. The van der Waals surface area contributed by atoms with Gasteiger partial charge in [0.15, 0.2) is 6.61 Å². The van der Waals surface area contributed by atoms with E-state index < -0.39 is 0 Å². The number of para-hydroxylation sites is 1. The average molecular weight is 358 g/mol. The summed E-state index contributed by atoms with van der Waals surface area (Å²) in [6.07, 6.45) is 2.45. The molecular formula is C20H20ClNO3. The van der Waals surface area contributed by atoms with Crippen LogP contribution in [-0.4, -0.2) is 19.1 Å². The Labute approximate surface area is 151 Å². The van der Waals surface area contributed by atoms with Crippen molar-refractivity contribution in [2.24, 2.45) is 0 Å². The third kappa shape index (κ3) is 4.15. The molecule has 0 aliphatic heterocycles. The summed E-state index contributed by atoms with van der Waals surface area (Å²) >= 11 is 6.13. The van der Waals surface area contributed by atoms with Gasteiger partial charge in [-0.05, 0) is 55.2 Å². The average Bonchev–Trinajstić information content (AvgIpc) is 3.01. The number of hydrogen-bond acceptors (Lipinski definition) is 3. The Morgan fingerprint density at radius 1 is 1.20 bits per heavy atom. The van der Waals surface area contributed by atoms with Gasteiger partial charge in [-0.2, -0.15) is 0 Å². The molecule has 4 nitrogen and oxygen atoms in total. The standard InChI is InChI=1S/C20H20ClNO3/c1-13-9-16(10-14(2)20(13)21)24-12-19(23)22-8-7-15-11-25-18-6-4-3-5-17(15)18/h3-6,9-11H,7-8,12H2,1-2H3,(H,22,23). The van der Waals surface area contributed by atoms with Crippen molar-refractivity contribution in [2.45, 2.75) is 20.3 Å². The van der Waals surface area contributed by atoms with Crippen LogP contribution >= 0.6 is 11.6 Å². The summed E-state index contributed by atoms with van der Waals surface area (Å²) in [5, 5.41) is 4.67. The number of amides is 1. The van der Waals surface area contributed by atoms with Crippen LogP contribution < -0.4 is 10.1 Å². The fraction of sp³-hybridized carbons (Fsp3) is 0.250. The Hall–Kier alpha value is -2.46. The summed E-state index contributed by atoms with van der Waals surface area (Å²) in [4.78, 5) is 12.0. The predicted molar refractivity (Wildman–Crippen MR) is 99.3 cm³/mol. The molecule has 0 atom stereocenters. The largest absolute Gasteiger partial charge is 0.484 e. The predicted octanol–water partition coefficient (Wildman–Crippen LogP) is 4.44. The smallest absolute Gasteiger partial charge is 0.257 e. The molecule has 0 spiro atoms. The molecule has 1 amide bonds. The quantitative estimate of drug-likeness (QED) is 0.709. The second-order valence-corrected chi connectivity index (χ2v) is 6.39. The highest BCUT2D eigenvalue weighted by atomic mass is 35.5. The van der Waals surface area contributed by atoms with Crippen molar-refractivity contribution < 1.29 is 13.9 Å². The first-order valence-electron chi connectivity index (χ1n) is 8.16.